The van der Waals surface area contributed by atoms with Gasteiger partial charge in [-0.15, -0.1) is 0 Å². The Morgan fingerprint density at radius 3 is 2.69 bits per heavy atom. The van der Waals surface area contributed by atoms with Gasteiger partial charge in [-0.2, -0.15) is 0 Å². The Kier molecular flexibility index (Phi) is 4.01. The van der Waals surface area contributed by atoms with E-state index < -0.39 is 0 Å². The van der Waals surface area contributed by atoms with Gasteiger partial charge in [0.25, 0.3) is 11.6 Å². The number of aryl methyl sites for hydroxylation is 1. The largest absolute Gasteiger partial charge is 0.463 e. The Labute approximate surface area is 150 Å². The lowest BCUT2D eigenvalue weighted by molar-refractivity contribution is 0.0787. The van der Waals surface area contributed by atoms with Crippen LogP contribution in [0.15, 0.2) is 63.7 Å². The average molecular weight is 347 g/mol. The molecule has 0 aliphatic rings. The van der Waals surface area contributed by atoms with E-state index in [1.165, 1.54) is 0 Å². The van der Waals surface area contributed by atoms with Gasteiger partial charge in [0.15, 0.2) is 5.76 Å². The molecule has 6 nitrogen and oxygen atoms in total. The molecule has 0 saturated heterocycles. The third kappa shape index (κ3) is 2.86. The molecule has 26 heavy (non-hydrogen) atoms. The van der Waals surface area contributed by atoms with Crippen LogP contribution in [0.3, 0.4) is 0 Å². The van der Waals surface area contributed by atoms with Gasteiger partial charge >= 0.3 is 0 Å². The van der Waals surface area contributed by atoms with E-state index >= 15 is 0 Å². The van der Waals surface area contributed by atoms with Gasteiger partial charge < -0.3 is 13.8 Å². The summed E-state index contributed by atoms with van der Waals surface area (Å²) in [6, 6.07) is 15.1. The van der Waals surface area contributed by atoms with E-state index in [1.54, 1.807) is 43.3 Å². The van der Waals surface area contributed by atoms with Crippen LogP contribution < -0.4 is 0 Å². The highest BCUT2D eigenvalue weighted by molar-refractivity contribution is 6.06. The molecule has 4 aromatic rings. The molecule has 0 atom stereocenters. The second-order valence-electron chi connectivity index (χ2n) is 6.13. The lowest BCUT2D eigenvalue weighted by Gasteiger charge is -2.18. The summed E-state index contributed by atoms with van der Waals surface area (Å²) in [6.07, 6.45) is 1.57. The first kappa shape index (κ1) is 16.1. The third-order valence-corrected chi connectivity index (χ3v) is 4.23. The fourth-order valence-electron chi connectivity index (χ4n) is 2.95. The fraction of sp³-hybridized carbons (Fsp3) is 0.150. The number of hydrogen-bond donors (Lipinski definition) is 0. The van der Waals surface area contributed by atoms with Gasteiger partial charge in [-0.05, 0) is 30.7 Å². The van der Waals surface area contributed by atoms with Crippen LogP contribution in [0.2, 0.25) is 0 Å². The molecule has 0 spiro atoms. The molecule has 4 rings (SSSR count). The number of fused-ring (bicyclic) bond motifs is 1. The van der Waals surface area contributed by atoms with Gasteiger partial charge in [0, 0.05) is 13.6 Å². The van der Waals surface area contributed by atoms with Crippen molar-refractivity contribution in [2.75, 3.05) is 7.05 Å². The number of amides is 1. The van der Waals surface area contributed by atoms with Crippen molar-refractivity contribution >= 4 is 17.0 Å². The Hall–Kier alpha value is -3.41. The van der Waals surface area contributed by atoms with Crippen molar-refractivity contribution in [1.82, 2.24) is 15.0 Å². The minimum absolute atomic E-state index is 0.125. The first-order valence-corrected chi connectivity index (χ1v) is 8.24. The third-order valence-electron chi connectivity index (χ3n) is 4.23. The maximum absolute atomic E-state index is 13.1. The fourth-order valence-corrected chi connectivity index (χ4v) is 2.95. The Bertz CT molecular complexity index is 1050. The van der Waals surface area contributed by atoms with Crippen molar-refractivity contribution in [2.45, 2.75) is 13.5 Å². The number of aromatic nitrogens is 2. The van der Waals surface area contributed by atoms with Crippen LogP contribution in [0.25, 0.3) is 22.6 Å². The van der Waals surface area contributed by atoms with E-state index in [-0.39, 0.29) is 5.91 Å². The van der Waals surface area contributed by atoms with E-state index in [1.807, 2.05) is 30.3 Å². The van der Waals surface area contributed by atoms with E-state index in [0.29, 0.717) is 40.4 Å². The SMILES string of the molecule is Cc1noc2nc(-c3ccco3)cc(C(=O)N(C)Cc3ccccc3)c12. The number of furan rings is 1. The average Bonchev–Trinajstić information content (AvgIpc) is 3.31. The zero-order valence-electron chi connectivity index (χ0n) is 14.5. The van der Waals surface area contributed by atoms with Gasteiger partial charge in [0.2, 0.25) is 0 Å². The predicted molar refractivity (Wildman–Crippen MR) is 96.5 cm³/mol. The Morgan fingerprint density at radius 2 is 1.96 bits per heavy atom. The second kappa shape index (κ2) is 6.48. The van der Waals surface area contributed by atoms with Crippen molar-refractivity contribution < 1.29 is 13.7 Å². The van der Waals surface area contributed by atoms with Crippen LogP contribution in [0.1, 0.15) is 21.6 Å². The van der Waals surface area contributed by atoms with Crippen molar-refractivity contribution in [3.63, 3.8) is 0 Å². The molecule has 0 N–H and O–H groups in total. The van der Waals surface area contributed by atoms with Crippen molar-refractivity contribution in [3.05, 3.63) is 71.6 Å². The van der Waals surface area contributed by atoms with Gasteiger partial charge in [-0.3, -0.25) is 4.79 Å². The van der Waals surface area contributed by atoms with E-state index in [9.17, 15) is 4.79 Å². The quantitative estimate of drug-likeness (QED) is 0.556. The monoisotopic (exact) mass is 347 g/mol. The van der Waals surface area contributed by atoms with Crippen molar-refractivity contribution in [1.29, 1.82) is 0 Å². The first-order valence-electron chi connectivity index (χ1n) is 8.24. The molecule has 0 unspecified atom stereocenters. The molecule has 130 valence electrons. The van der Waals surface area contributed by atoms with Gasteiger partial charge in [-0.1, -0.05) is 35.5 Å². The zero-order chi connectivity index (χ0) is 18.1. The minimum Gasteiger partial charge on any atom is -0.463 e. The summed E-state index contributed by atoms with van der Waals surface area (Å²) in [6.45, 7) is 2.30. The summed E-state index contributed by atoms with van der Waals surface area (Å²) < 4.78 is 10.7. The van der Waals surface area contributed by atoms with E-state index in [0.717, 1.165) is 5.56 Å². The van der Waals surface area contributed by atoms with Gasteiger partial charge in [0.1, 0.15) is 5.69 Å². The van der Waals surface area contributed by atoms with Crippen LogP contribution in [-0.4, -0.2) is 28.0 Å². The zero-order valence-corrected chi connectivity index (χ0v) is 14.5. The second-order valence-corrected chi connectivity index (χ2v) is 6.13. The van der Waals surface area contributed by atoms with Gasteiger partial charge in [0.05, 0.1) is 22.9 Å². The summed E-state index contributed by atoms with van der Waals surface area (Å²) in [7, 11) is 1.77. The molecule has 6 heteroatoms. The topological polar surface area (TPSA) is 72.4 Å². The highest BCUT2D eigenvalue weighted by atomic mass is 16.5. The molecule has 0 aliphatic carbocycles. The molecule has 3 aromatic heterocycles. The van der Waals surface area contributed by atoms with Crippen LogP contribution in [0.5, 0.6) is 0 Å². The summed E-state index contributed by atoms with van der Waals surface area (Å²) in [5.74, 6) is 0.445. The normalized spacial score (nSPS) is 11.0. The highest BCUT2D eigenvalue weighted by Gasteiger charge is 2.22. The molecular weight excluding hydrogens is 330 g/mol. The molecule has 1 amide bonds. The molecule has 0 fully saturated rings. The summed E-state index contributed by atoms with van der Waals surface area (Å²) in [5.41, 5.74) is 3.05. The highest BCUT2D eigenvalue weighted by Crippen LogP contribution is 2.28. The lowest BCUT2D eigenvalue weighted by Crippen LogP contribution is -2.26. The van der Waals surface area contributed by atoms with E-state index in [4.69, 9.17) is 8.94 Å². The molecule has 0 aliphatic heterocycles. The number of rotatable bonds is 4. The van der Waals surface area contributed by atoms with Gasteiger partial charge in [-0.25, -0.2) is 4.98 Å². The van der Waals surface area contributed by atoms with E-state index in [2.05, 4.69) is 10.1 Å². The number of benzene rings is 1. The molecular formula is C20H17N3O3. The van der Waals surface area contributed by atoms with Crippen LogP contribution in [-0.2, 0) is 6.54 Å². The number of carbonyl (C=O) groups is 1. The molecule has 0 saturated carbocycles. The lowest BCUT2D eigenvalue weighted by atomic mass is 10.1. The minimum atomic E-state index is -0.125. The maximum atomic E-state index is 13.1. The number of hydrogen-bond acceptors (Lipinski definition) is 5. The first-order chi connectivity index (χ1) is 12.6. The smallest absolute Gasteiger partial charge is 0.259 e. The number of pyridine rings is 1. The van der Waals surface area contributed by atoms with Crippen LogP contribution >= 0.6 is 0 Å². The van der Waals surface area contributed by atoms with Crippen LogP contribution in [0.4, 0.5) is 0 Å². The molecule has 0 radical (unpaired) electrons. The molecule has 1 aromatic carbocycles. The number of carbonyl (C=O) groups excluding carboxylic acids is 1. The molecule has 3 heterocycles. The summed E-state index contributed by atoms with van der Waals surface area (Å²) >= 11 is 0. The number of nitrogens with zero attached hydrogens (tertiary/aromatic N) is 3. The van der Waals surface area contributed by atoms with Crippen molar-refractivity contribution in [3.8, 4) is 11.5 Å². The Balaban J connectivity index is 1.76. The standard InChI is InChI=1S/C20H17N3O3/c1-13-18-15(20(24)23(2)12-14-7-4-3-5-8-14)11-16(17-9-6-10-25-17)21-19(18)26-22-13/h3-11H,12H2,1-2H3. The predicted octanol–water partition coefficient (Wildman–Crippen LogP) is 4.06. The maximum Gasteiger partial charge on any atom is 0.259 e. The molecule has 0 bridgehead atoms. The van der Waals surface area contributed by atoms with Crippen molar-refractivity contribution in [2.24, 2.45) is 0 Å². The summed E-state index contributed by atoms with van der Waals surface area (Å²) in [4.78, 5) is 19.2. The van der Waals surface area contributed by atoms with Crippen LogP contribution in [0, 0.1) is 6.92 Å². The Morgan fingerprint density at radius 1 is 1.15 bits per heavy atom. The summed E-state index contributed by atoms with van der Waals surface area (Å²) in [5, 5.41) is 4.60.